The van der Waals surface area contributed by atoms with Crippen LogP contribution in [0.5, 0.6) is 0 Å². The molecule has 0 radical (unpaired) electrons. The van der Waals surface area contributed by atoms with Crippen LogP contribution in [0.25, 0.3) is 11.3 Å². The summed E-state index contributed by atoms with van der Waals surface area (Å²) >= 11 is 5.86. The molecule has 0 aliphatic rings. The van der Waals surface area contributed by atoms with Crippen molar-refractivity contribution in [2.24, 2.45) is 0 Å². The van der Waals surface area contributed by atoms with E-state index < -0.39 is 5.92 Å². The van der Waals surface area contributed by atoms with Crippen LogP contribution in [-0.2, 0) is 0 Å². The highest BCUT2D eigenvalue weighted by molar-refractivity contribution is 6.46. The molecule has 2 aromatic heterocycles. The Morgan fingerprint density at radius 3 is 2.64 bits per heavy atom. The molecule has 0 bridgehead atoms. The molecule has 6 heteroatoms. The van der Waals surface area contributed by atoms with Crippen molar-refractivity contribution in [1.82, 2.24) is 15.0 Å². The first kappa shape index (κ1) is 17.0. The number of halogens is 1. The highest BCUT2D eigenvalue weighted by atomic mass is 35.5. The summed E-state index contributed by atoms with van der Waals surface area (Å²) in [6.07, 6.45) is 5.74. The number of aromatic nitrogens is 3. The number of Topliss-reactive ketones (excluding diaryl/α,β-unsaturated/α-hetero) is 1. The topological polar surface area (TPSA) is 82.5 Å². The highest BCUT2D eigenvalue weighted by Crippen LogP contribution is 2.24. The van der Waals surface area contributed by atoms with Gasteiger partial charge in [-0.2, -0.15) is 0 Å². The van der Waals surface area contributed by atoms with Crippen LogP contribution < -0.4 is 0 Å². The molecular weight excluding hydrogens is 336 g/mol. The first-order valence-electron chi connectivity index (χ1n) is 7.94. The Bertz CT molecular complexity index is 887. The second-order valence-electron chi connectivity index (χ2n) is 5.63. The summed E-state index contributed by atoms with van der Waals surface area (Å²) in [6, 6.07) is 10.3. The predicted octanol–water partition coefficient (Wildman–Crippen LogP) is 4.52. The molecule has 2 N–H and O–H groups in total. The molecule has 0 fully saturated rings. The molecular formula is C19H17ClN4O. The third kappa shape index (κ3) is 3.67. The Kier molecular flexibility index (Phi) is 5.05. The van der Waals surface area contributed by atoms with E-state index in [9.17, 15) is 4.79 Å². The van der Waals surface area contributed by atoms with Crippen molar-refractivity contribution in [2.75, 3.05) is 0 Å². The zero-order valence-electron chi connectivity index (χ0n) is 13.7. The number of carbonyl (C=O) groups is 1. The van der Waals surface area contributed by atoms with E-state index in [1.165, 1.54) is 0 Å². The van der Waals surface area contributed by atoms with Gasteiger partial charge in [-0.15, -0.1) is 0 Å². The lowest BCUT2D eigenvalue weighted by Crippen LogP contribution is -2.22. The van der Waals surface area contributed by atoms with E-state index in [4.69, 9.17) is 17.0 Å². The Morgan fingerprint density at radius 2 is 2.00 bits per heavy atom. The van der Waals surface area contributed by atoms with Crippen LogP contribution in [0.2, 0.25) is 5.02 Å². The lowest BCUT2D eigenvalue weighted by atomic mass is 9.93. The average Bonchev–Trinajstić information content (AvgIpc) is 3.13. The van der Waals surface area contributed by atoms with E-state index in [0.29, 0.717) is 22.8 Å². The molecule has 0 spiro atoms. The van der Waals surface area contributed by atoms with Gasteiger partial charge >= 0.3 is 0 Å². The highest BCUT2D eigenvalue weighted by Gasteiger charge is 2.25. The predicted molar refractivity (Wildman–Crippen MR) is 98.4 cm³/mol. The van der Waals surface area contributed by atoms with Crippen LogP contribution in [0.3, 0.4) is 0 Å². The summed E-state index contributed by atoms with van der Waals surface area (Å²) in [5.41, 5.74) is 2.18. The fourth-order valence-corrected chi connectivity index (χ4v) is 2.76. The zero-order chi connectivity index (χ0) is 17.8. The maximum absolute atomic E-state index is 12.6. The maximum atomic E-state index is 12.6. The van der Waals surface area contributed by atoms with Crippen LogP contribution in [0.15, 0.2) is 55.0 Å². The number of pyridine rings is 1. The van der Waals surface area contributed by atoms with Gasteiger partial charge in [0.15, 0.2) is 0 Å². The third-order valence-corrected chi connectivity index (χ3v) is 4.26. The van der Waals surface area contributed by atoms with Gasteiger partial charge in [-0.1, -0.05) is 18.5 Å². The number of benzene rings is 1. The van der Waals surface area contributed by atoms with E-state index in [0.717, 1.165) is 11.3 Å². The van der Waals surface area contributed by atoms with Crippen LogP contribution in [-0.4, -0.2) is 26.4 Å². The number of rotatable bonds is 6. The van der Waals surface area contributed by atoms with E-state index in [2.05, 4.69) is 15.0 Å². The Morgan fingerprint density at radius 1 is 1.24 bits per heavy atom. The summed E-state index contributed by atoms with van der Waals surface area (Å²) in [7, 11) is 0. The first-order chi connectivity index (χ1) is 12.1. The number of hydrogen-bond acceptors (Lipinski definition) is 4. The minimum atomic E-state index is -0.395. The van der Waals surface area contributed by atoms with Crippen LogP contribution in [0.1, 0.15) is 35.4 Å². The average molecular weight is 353 g/mol. The monoisotopic (exact) mass is 352 g/mol. The number of imidazole rings is 1. The molecule has 3 rings (SSSR count). The molecule has 3 aromatic rings. The number of carbonyl (C=O) groups excluding carboxylic acids is 1. The lowest BCUT2D eigenvalue weighted by Gasteiger charge is -2.13. The maximum Gasteiger partial charge on any atom is 0.207 e. The number of nitrogens with zero attached hydrogens (tertiary/aromatic N) is 2. The van der Waals surface area contributed by atoms with Crippen molar-refractivity contribution in [3.63, 3.8) is 0 Å². The molecule has 1 aromatic carbocycles. The van der Waals surface area contributed by atoms with E-state index in [1.54, 1.807) is 42.9 Å². The first-order valence-corrected chi connectivity index (χ1v) is 8.32. The van der Waals surface area contributed by atoms with E-state index >= 15 is 0 Å². The molecule has 25 heavy (non-hydrogen) atoms. The van der Waals surface area contributed by atoms with Crippen molar-refractivity contribution in [3.8, 4) is 11.3 Å². The molecule has 0 aliphatic carbocycles. The number of H-pyrrole nitrogens is 1. The molecule has 1 atom stereocenters. The quantitative estimate of drug-likeness (QED) is 0.505. The Balaban J connectivity index is 1.84. The lowest BCUT2D eigenvalue weighted by molar-refractivity contribution is 0.106. The molecule has 5 nitrogen and oxygen atoms in total. The molecule has 126 valence electrons. The van der Waals surface area contributed by atoms with Gasteiger partial charge in [0.2, 0.25) is 5.78 Å². The standard InChI is InChI=1S/C19H17ClN4O/c1-2-15(17(21)18(25)12-5-7-14(20)8-6-12)19-23-11-16(24-19)13-4-3-9-22-10-13/h3-11,15,21H,2H2,1H3,(H,23,24). The molecule has 0 saturated heterocycles. The van der Waals surface area contributed by atoms with Gasteiger partial charge in [0.25, 0.3) is 0 Å². The fraction of sp³-hybridized carbons (Fsp3) is 0.158. The van der Waals surface area contributed by atoms with Gasteiger partial charge in [0.1, 0.15) is 5.82 Å². The molecule has 0 saturated carbocycles. The SMILES string of the molecule is CCC(C(=N)C(=O)c1ccc(Cl)cc1)c1ncc(-c2cccnc2)[nH]1. The normalized spacial score (nSPS) is 11.9. The summed E-state index contributed by atoms with van der Waals surface area (Å²) in [6.45, 7) is 1.93. The van der Waals surface area contributed by atoms with Crippen LogP contribution >= 0.6 is 11.6 Å². The fourth-order valence-electron chi connectivity index (χ4n) is 2.63. The second kappa shape index (κ2) is 7.40. The summed E-state index contributed by atoms with van der Waals surface area (Å²) < 4.78 is 0. The molecule has 0 aliphatic heterocycles. The van der Waals surface area contributed by atoms with Gasteiger partial charge < -0.3 is 10.4 Å². The third-order valence-electron chi connectivity index (χ3n) is 4.01. The number of nitrogens with one attached hydrogen (secondary N) is 2. The smallest absolute Gasteiger partial charge is 0.207 e. The number of hydrogen-bond donors (Lipinski definition) is 2. The van der Waals surface area contributed by atoms with Gasteiger partial charge in [0, 0.05) is 28.5 Å². The van der Waals surface area contributed by atoms with Gasteiger partial charge in [-0.3, -0.25) is 9.78 Å². The molecule has 1 unspecified atom stereocenters. The minimum absolute atomic E-state index is 0.0110. The van der Waals surface area contributed by atoms with Crippen LogP contribution in [0.4, 0.5) is 0 Å². The van der Waals surface area contributed by atoms with E-state index in [-0.39, 0.29) is 11.5 Å². The molecule has 0 amide bonds. The van der Waals surface area contributed by atoms with Crippen LogP contribution in [0, 0.1) is 5.41 Å². The summed E-state index contributed by atoms with van der Waals surface area (Å²) in [4.78, 5) is 24.3. The van der Waals surface area contributed by atoms with Crippen molar-refractivity contribution in [2.45, 2.75) is 19.3 Å². The second-order valence-corrected chi connectivity index (χ2v) is 6.07. The number of ketones is 1. The van der Waals surface area contributed by atoms with Gasteiger partial charge in [0.05, 0.1) is 23.5 Å². The van der Waals surface area contributed by atoms with Crippen molar-refractivity contribution < 1.29 is 4.79 Å². The van der Waals surface area contributed by atoms with E-state index in [1.807, 2.05) is 19.1 Å². The Labute approximate surface area is 150 Å². The van der Waals surface area contributed by atoms with Crippen molar-refractivity contribution in [1.29, 1.82) is 5.41 Å². The largest absolute Gasteiger partial charge is 0.341 e. The minimum Gasteiger partial charge on any atom is -0.341 e. The molecule has 2 heterocycles. The Hall–Kier alpha value is -2.79. The van der Waals surface area contributed by atoms with Crippen molar-refractivity contribution >= 4 is 23.1 Å². The van der Waals surface area contributed by atoms with Crippen molar-refractivity contribution in [3.05, 3.63) is 71.4 Å². The summed E-state index contributed by atoms with van der Waals surface area (Å²) in [5, 5.41) is 8.90. The zero-order valence-corrected chi connectivity index (χ0v) is 14.4. The van der Waals surface area contributed by atoms with Gasteiger partial charge in [-0.25, -0.2) is 4.98 Å². The van der Waals surface area contributed by atoms with Gasteiger partial charge in [-0.05, 0) is 42.8 Å². The number of aromatic amines is 1. The summed E-state index contributed by atoms with van der Waals surface area (Å²) in [5.74, 6) is -0.106.